The molecule has 2 aromatic carbocycles. The highest BCUT2D eigenvalue weighted by molar-refractivity contribution is 6.06. The second-order valence-corrected chi connectivity index (χ2v) is 7.16. The zero-order chi connectivity index (χ0) is 25.2. The van der Waals surface area contributed by atoms with E-state index in [1.54, 1.807) is 30.3 Å². The van der Waals surface area contributed by atoms with Gasteiger partial charge in [-0.3, -0.25) is 15.0 Å². The lowest BCUT2D eigenvalue weighted by Gasteiger charge is -2.35. The van der Waals surface area contributed by atoms with E-state index in [0.717, 1.165) is 20.3 Å². The molecule has 0 saturated heterocycles. The molecular weight excluding hydrogens is 447 g/mol. The fourth-order valence-electron chi connectivity index (χ4n) is 3.76. The monoisotopic (exact) mass is 466 g/mol. The summed E-state index contributed by atoms with van der Waals surface area (Å²) >= 11 is 0. The molecule has 0 aromatic heterocycles. The molecule has 0 saturated carbocycles. The van der Waals surface area contributed by atoms with Crippen molar-refractivity contribution < 1.29 is 28.4 Å². The third kappa shape index (κ3) is 3.81. The number of nitriles is 1. The quantitative estimate of drug-likeness (QED) is 0.399. The van der Waals surface area contributed by atoms with Crippen molar-refractivity contribution in [3.63, 3.8) is 0 Å². The molecule has 174 valence electrons. The van der Waals surface area contributed by atoms with Gasteiger partial charge in [-0.15, -0.1) is 0 Å². The summed E-state index contributed by atoms with van der Waals surface area (Å²) in [5.74, 6) is -4.90. The Hall–Kier alpha value is -4.72. The maximum Gasteiger partial charge on any atom is 0.355 e. The van der Waals surface area contributed by atoms with Crippen LogP contribution in [-0.4, -0.2) is 31.1 Å². The van der Waals surface area contributed by atoms with E-state index in [1.165, 1.54) is 13.0 Å². The number of hydrogen-bond donors (Lipinski definition) is 1. The van der Waals surface area contributed by atoms with E-state index in [-0.39, 0.29) is 16.7 Å². The number of anilines is 1. The second kappa shape index (κ2) is 9.41. The lowest BCUT2D eigenvalue weighted by atomic mass is 9.81. The Morgan fingerprint density at radius 3 is 2.29 bits per heavy atom. The van der Waals surface area contributed by atoms with Crippen molar-refractivity contribution >= 4 is 23.3 Å². The fraction of sp³-hybridized carbons (Fsp3) is 0.174. The zero-order valence-electron chi connectivity index (χ0n) is 18.4. The summed E-state index contributed by atoms with van der Waals surface area (Å²) in [6.45, 7) is 1.35. The molecule has 1 aliphatic heterocycles. The van der Waals surface area contributed by atoms with Crippen LogP contribution in [0.1, 0.15) is 17.0 Å². The summed E-state index contributed by atoms with van der Waals surface area (Å²) in [6, 6.07) is 12.3. The molecule has 11 heteroatoms. The summed E-state index contributed by atoms with van der Waals surface area (Å²) in [5, 5.41) is 21.7. The van der Waals surface area contributed by atoms with Crippen LogP contribution in [0.4, 0.5) is 15.8 Å². The first-order valence-corrected chi connectivity index (χ1v) is 9.78. The van der Waals surface area contributed by atoms with Crippen molar-refractivity contribution in [2.24, 2.45) is 5.73 Å². The normalized spacial score (nSPS) is 15.6. The number of hydrogen-bond acceptors (Lipinski definition) is 9. The van der Waals surface area contributed by atoms with E-state index in [9.17, 15) is 25.0 Å². The van der Waals surface area contributed by atoms with Crippen molar-refractivity contribution in [3.05, 3.63) is 92.2 Å². The number of ether oxygens (including phenoxy) is 2. The first kappa shape index (κ1) is 23.9. The third-order valence-electron chi connectivity index (χ3n) is 5.32. The van der Waals surface area contributed by atoms with Gasteiger partial charge in [-0.2, -0.15) is 5.26 Å². The van der Waals surface area contributed by atoms with Crippen molar-refractivity contribution in [3.8, 4) is 6.07 Å². The number of carbonyl (C=O) groups excluding carboxylic acids is 2. The molecule has 0 spiro atoms. The number of allylic oxidation sites excluding steroid dienone is 1. The minimum absolute atomic E-state index is 0.000856. The van der Waals surface area contributed by atoms with Gasteiger partial charge >= 0.3 is 11.9 Å². The van der Waals surface area contributed by atoms with Gasteiger partial charge in [0.05, 0.1) is 42.3 Å². The highest BCUT2D eigenvalue weighted by Gasteiger charge is 2.45. The Labute approximate surface area is 193 Å². The SMILES string of the molecule is COC(=O)C1=C(C(=O)OC)N(c2c([N+](=O)[O-])ccc(C)c2F)C(N)=C(C#N)C1c1ccccc1. The van der Waals surface area contributed by atoms with Crippen LogP contribution in [-0.2, 0) is 19.1 Å². The molecule has 0 bridgehead atoms. The second-order valence-electron chi connectivity index (χ2n) is 7.16. The van der Waals surface area contributed by atoms with E-state index in [4.69, 9.17) is 15.2 Å². The number of nitro groups is 1. The van der Waals surface area contributed by atoms with Crippen LogP contribution in [0.3, 0.4) is 0 Å². The zero-order valence-corrected chi connectivity index (χ0v) is 18.4. The summed E-state index contributed by atoms with van der Waals surface area (Å²) < 4.78 is 25.1. The van der Waals surface area contributed by atoms with Crippen LogP contribution in [0.15, 0.2) is 65.1 Å². The average molecular weight is 466 g/mol. The fourth-order valence-corrected chi connectivity index (χ4v) is 3.76. The van der Waals surface area contributed by atoms with Gasteiger partial charge in [0.15, 0.2) is 11.5 Å². The van der Waals surface area contributed by atoms with Crippen molar-refractivity contribution in [1.29, 1.82) is 5.26 Å². The van der Waals surface area contributed by atoms with E-state index < -0.39 is 51.5 Å². The van der Waals surface area contributed by atoms with E-state index in [0.29, 0.717) is 10.5 Å². The minimum atomic E-state index is -1.18. The van der Waals surface area contributed by atoms with Crippen LogP contribution in [0.5, 0.6) is 0 Å². The average Bonchev–Trinajstić information content (AvgIpc) is 2.84. The van der Waals surface area contributed by atoms with Gasteiger partial charge in [-0.1, -0.05) is 30.3 Å². The Kier molecular flexibility index (Phi) is 6.63. The number of halogens is 1. The maximum absolute atomic E-state index is 15.4. The van der Waals surface area contributed by atoms with Crippen LogP contribution < -0.4 is 10.6 Å². The molecule has 1 atom stereocenters. The largest absolute Gasteiger partial charge is 0.466 e. The van der Waals surface area contributed by atoms with Gasteiger partial charge in [0.25, 0.3) is 5.69 Å². The van der Waals surface area contributed by atoms with Gasteiger partial charge in [-0.25, -0.2) is 14.0 Å². The molecule has 34 heavy (non-hydrogen) atoms. The predicted molar refractivity (Wildman–Crippen MR) is 117 cm³/mol. The highest BCUT2D eigenvalue weighted by atomic mass is 19.1. The Morgan fingerprint density at radius 2 is 1.76 bits per heavy atom. The smallest absolute Gasteiger partial charge is 0.355 e. The first-order valence-electron chi connectivity index (χ1n) is 9.78. The summed E-state index contributed by atoms with van der Waals surface area (Å²) in [7, 11) is 2.07. The number of carbonyl (C=O) groups is 2. The van der Waals surface area contributed by atoms with Gasteiger partial charge in [0, 0.05) is 6.07 Å². The molecule has 3 rings (SSSR count). The molecule has 1 aliphatic rings. The first-order chi connectivity index (χ1) is 16.2. The highest BCUT2D eigenvalue weighted by Crippen LogP contribution is 2.46. The number of methoxy groups -OCH3 is 2. The molecule has 10 nitrogen and oxygen atoms in total. The Balaban J connectivity index is 2.54. The van der Waals surface area contributed by atoms with Crippen LogP contribution in [0.2, 0.25) is 0 Å². The lowest BCUT2D eigenvalue weighted by Crippen LogP contribution is -2.41. The molecule has 0 radical (unpaired) electrons. The number of benzene rings is 2. The molecule has 2 aromatic rings. The standard InChI is InChI=1S/C23H19FN4O6/c1-12-9-10-15(28(31)32)19(18(12)24)27-20(23(30)34-3)17(22(29)33-2)16(14(11-25)21(27)26)13-7-5-4-6-8-13/h4-10,16H,26H2,1-3H3. The van der Waals surface area contributed by atoms with Gasteiger partial charge in [0.1, 0.15) is 11.5 Å². The number of esters is 2. The molecule has 0 aliphatic carbocycles. The van der Waals surface area contributed by atoms with Crippen molar-refractivity contribution in [2.75, 3.05) is 19.1 Å². The van der Waals surface area contributed by atoms with E-state index in [1.807, 2.05) is 6.07 Å². The minimum Gasteiger partial charge on any atom is -0.466 e. The summed E-state index contributed by atoms with van der Waals surface area (Å²) in [6.07, 6.45) is 0. The van der Waals surface area contributed by atoms with Gasteiger partial charge in [-0.05, 0) is 24.1 Å². The van der Waals surface area contributed by atoms with Crippen LogP contribution in [0.25, 0.3) is 0 Å². The molecule has 0 amide bonds. The lowest BCUT2D eigenvalue weighted by molar-refractivity contribution is -0.384. The van der Waals surface area contributed by atoms with Crippen LogP contribution in [0, 0.1) is 34.2 Å². The number of nitrogens with zero attached hydrogens (tertiary/aromatic N) is 3. The molecule has 2 N–H and O–H groups in total. The third-order valence-corrected chi connectivity index (χ3v) is 5.32. The van der Waals surface area contributed by atoms with Crippen LogP contribution >= 0.6 is 0 Å². The number of nitro benzene ring substituents is 1. The maximum atomic E-state index is 15.4. The van der Waals surface area contributed by atoms with Gasteiger partial charge in [0.2, 0.25) is 0 Å². The molecular formula is C23H19FN4O6. The summed E-state index contributed by atoms with van der Waals surface area (Å²) in [4.78, 5) is 37.5. The topological polar surface area (TPSA) is 149 Å². The molecule has 1 heterocycles. The molecule has 1 unspecified atom stereocenters. The summed E-state index contributed by atoms with van der Waals surface area (Å²) in [5.41, 5.74) is 3.98. The van der Waals surface area contributed by atoms with Crippen molar-refractivity contribution in [1.82, 2.24) is 0 Å². The molecule has 0 fully saturated rings. The Morgan fingerprint density at radius 1 is 1.15 bits per heavy atom. The number of rotatable bonds is 5. The van der Waals surface area contributed by atoms with Gasteiger partial charge < -0.3 is 15.2 Å². The van der Waals surface area contributed by atoms with Crippen molar-refractivity contribution in [2.45, 2.75) is 12.8 Å². The number of aryl methyl sites for hydroxylation is 1. The Bertz CT molecular complexity index is 1300. The predicted octanol–water partition coefficient (Wildman–Crippen LogP) is 2.94. The number of nitrogens with two attached hydrogens (primary N) is 1. The van der Waals surface area contributed by atoms with E-state index in [2.05, 4.69) is 0 Å². The van der Waals surface area contributed by atoms with E-state index >= 15 is 4.39 Å².